The molecule has 0 unspecified atom stereocenters. The summed E-state index contributed by atoms with van der Waals surface area (Å²) in [6.07, 6.45) is 0. The number of methoxy groups -OCH3 is 1. The quantitative estimate of drug-likeness (QED) is 0.874. The molecule has 2 rings (SSSR count). The van der Waals surface area contributed by atoms with Gasteiger partial charge in [-0.25, -0.2) is 0 Å². The molecule has 0 saturated heterocycles. The average Bonchev–Trinajstić information content (AvgIpc) is 2.39. The van der Waals surface area contributed by atoms with Crippen molar-refractivity contribution in [2.24, 2.45) is 5.73 Å². The molecule has 0 radical (unpaired) electrons. The standard InChI is InChI=1S/C15H17NO/c1-11-7-9-12(10-8-11)15(16)13-5-3-4-6-14(13)17-2/h3-10,15H,16H2,1-2H3/t15-/m0/s1. The van der Waals surface area contributed by atoms with Crippen molar-refractivity contribution >= 4 is 0 Å². The Labute approximate surface area is 102 Å². The summed E-state index contributed by atoms with van der Waals surface area (Å²) >= 11 is 0. The first-order chi connectivity index (χ1) is 8.22. The lowest BCUT2D eigenvalue weighted by molar-refractivity contribution is 0.408. The average molecular weight is 227 g/mol. The van der Waals surface area contributed by atoms with Crippen LogP contribution in [0.15, 0.2) is 48.5 Å². The summed E-state index contributed by atoms with van der Waals surface area (Å²) in [4.78, 5) is 0. The van der Waals surface area contributed by atoms with Crippen molar-refractivity contribution in [3.05, 3.63) is 65.2 Å². The minimum atomic E-state index is -0.147. The minimum absolute atomic E-state index is 0.147. The molecule has 0 saturated carbocycles. The van der Waals surface area contributed by atoms with Gasteiger partial charge in [0.05, 0.1) is 13.2 Å². The maximum atomic E-state index is 6.26. The van der Waals surface area contributed by atoms with E-state index in [4.69, 9.17) is 10.5 Å². The molecule has 0 fully saturated rings. The molecular formula is C15H17NO. The monoisotopic (exact) mass is 227 g/mol. The lowest BCUT2D eigenvalue weighted by Gasteiger charge is -2.16. The number of aryl methyl sites for hydroxylation is 1. The van der Waals surface area contributed by atoms with Gasteiger partial charge in [-0.3, -0.25) is 0 Å². The highest BCUT2D eigenvalue weighted by Gasteiger charge is 2.12. The first-order valence-electron chi connectivity index (χ1n) is 5.67. The minimum Gasteiger partial charge on any atom is -0.496 e. The highest BCUT2D eigenvalue weighted by Crippen LogP contribution is 2.27. The van der Waals surface area contributed by atoms with Crippen LogP contribution in [-0.4, -0.2) is 7.11 Å². The zero-order valence-corrected chi connectivity index (χ0v) is 10.2. The Morgan fingerprint density at radius 3 is 2.29 bits per heavy atom. The molecular weight excluding hydrogens is 210 g/mol. The molecule has 0 aliphatic rings. The molecule has 2 N–H and O–H groups in total. The fourth-order valence-corrected chi connectivity index (χ4v) is 1.88. The molecule has 0 aromatic heterocycles. The fraction of sp³-hybridized carbons (Fsp3) is 0.200. The lowest BCUT2D eigenvalue weighted by Crippen LogP contribution is -2.12. The molecule has 0 bridgehead atoms. The van der Waals surface area contributed by atoms with E-state index in [1.807, 2.05) is 24.3 Å². The molecule has 0 heterocycles. The third kappa shape index (κ3) is 2.48. The van der Waals surface area contributed by atoms with Gasteiger partial charge >= 0.3 is 0 Å². The predicted molar refractivity (Wildman–Crippen MR) is 70.2 cm³/mol. The van der Waals surface area contributed by atoms with Gasteiger partial charge in [0.2, 0.25) is 0 Å². The number of hydrogen-bond acceptors (Lipinski definition) is 2. The third-order valence-electron chi connectivity index (χ3n) is 2.91. The van der Waals surface area contributed by atoms with Crippen molar-refractivity contribution in [3.8, 4) is 5.75 Å². The molecule has 0 aliphatic carbocycles. The number of hydrogen-bond donors (Lipinski definition) is 1. The van der Waals surface area contributed by atoms with E-state index in [0.717, 1.165) is 16.9 Å². The molecule has 2 nitrogen and oxygen atoms in total. The maximum Gasteiger partial charge on any atom is 0.123 e. The van der Waals surface area contributed by atoms with Crippen LogP contribution < -0.4 is 10.5 Å². The van der Waals surface area contributed by atoms with Crippen LogP contribution in [0.2, 0.25) is 0 Å². The highest BCUT2D eigenvalue weighted by atomic mass is 16.5. The van der Waals surface area contributed by atoms with Gasteiger partial charge in [0.25, 0.3) is 0 Å². The van der Waals surface area contributed by atoms with E-state index in [0.29, 0.717) is 0 Å². The number of ether oxygens (including phenoxy) is 1. The van der Waals surface area contributed by atoms with Crippen molar-refractivity contribution in [1.82, 2.24) is 0 Å². The van der Waals surface area contributed by atoms with Gasteiger partial charge in [-0.15, -0.1) is 0 Å². The normalized spacial score (nSPS) is 12.2. The molecule has 2 heteroatoms. The van der Waals surface area contributed by atoms with E-state index in [1.165, 1.54) is 5.56 Å². The summed E-state index contributed by atoms with van der Waals surface area (Å²) in [6.45, 7) is 2.07. The lowest BCUT2D eigenvalue weighted by atomic mass is 9.98. The Balaban J connectivity index is 2.36. The highest BCUT2D eigenvalue weighted by molar-refractivity contribution is 5.41. The second-order valence-electron chi connectivity index (χ2n) is 4.13. The second kappa shape index (κ2) is 5.02. The summed E-state index contributed by atoms with van der Waals surface area (Å²) in [5, 5.41) is 0. The number of rotatable bonds is 3. The Hall–Kier alpha value is -1.80. The molecule has 0 aliphatic heterocycles. The predicted octanol–water partition coefficient (Wildman–Crippen LogP) is 3.05. The molecule has 2 aromatic rings. The summed E-state index contributed by atoms with van der Waals surface area (Å²) in [5.74, 6) is 0.834. The Bertz CT molecular complexity index is 491. The largest absolute Gasteiger partial charge is 0.496 e. The zero-order chi connectivity index (χ0) is 12.3. The summed E-state index contributed by atoms with van der Waals surface area (Å²) in [6, 6.07) is 16.0. The van der Waals surface area contributed by atoms with Crippen LogP contribution in [0.25, 0.3) is 0 Å². The SMILES string of the molecule is COc1ccccc1[C@@H](N)c1ccc(C)cc1. The van der Waals surface area contributed by atoms with Crippen molar-refractivity contribution in [2.45, 2.75) is 13.0 Å². The van der Waals surface area contributed by atoms with Crippen LogP contribution >= 0.6 is 0 Å². The van der Waals surface area contributed by atoms with Crippen molar-refractivity contribution < 1.29 is 4.74 Å². The topological polar surface area (TPSA) is 35.2 Å². The van der Waals surface area contributed by atoms with Gasteiger partial charge < -0.3 is 10.5 Å². The first kappa shape index (κ1) is 11.7. The van der Waals surface area contributed by atoms with E-state index in [2.05, 4.69) is 31.2 Å². The van der Waals surface area contributed by atoms with E-state index < -0.39 is 0 Å². The fourth-order valence-electron chi connectivity index (χ4n) is 1.88. The van der Waals surface area contributed by atoms with Gasteiger partial charge in [-0.05, 0) is 18.6 Å². The number of para-hydroxylation sites is 1. The number of nitrogens with two attached hydrogens (primary N) is 1. The van der Waals surface area contributed by atoms with E-state index in [1.54, 1.807) is 7.11 Å². The summed E-state index contributed by atoms with van der Waals surface area (Å²) in [5.41, 5.74) is 9.61. The van der Waals surface area contributed by atoms with E-state index >= 15 is 0 Å². The van der Waals surface area contributed by atoms with E-state index in [9.17, 15) is 0 Å². The third-order valence-corrected chi connectivity index (χ3v) is 2.91. The molecule has 1 atom stereocenters. The molecule has 0 amide bonds. The Kier molecular flexibility index (Phi) is 3.45. The van der Waals surface area contributed by atoms with Crippen LogP contribution in [0.1, 0.15) is 22.7 Å². The van der Waals surface area contributed by atoms with Gasteiger partial charge in [-0.1, -0.05) is 48.0 Å². The summed E-state index contributed by atoms with van der Waals surface area (Å²) in [7, 11) is 1.67. The number of benzene rings is 2. The second-order valence-corrected chi connectivity index (χ2v) is 4.13. The molecule has 88 valence electrons. The van der Waals surface area contributed by atoms with Crippen LogP contribution in [0.5, 0.6) is 5.75 Å². The van der Waals surface area contributed by atoms with Gasteiger partial charge in [-0.2, -0.15) is 0 Å². The van der Waals surface area contributed by atoms with Crippen LogP contribution in [0, 0.1) is 6.92 Å². The smallest absolute Gasteiger partial charge is 0.123 e. The molecule has 17 heavy (non-hydrogen) atoms. The van der Waals surface area contributed by atoms with Crippen LogP contribution in [-0.2, 0) is 0 Å². The van der Waals surface area contributed by atoms with Gasteiger partial charge in [0.1, 0.15) is 5.75 Å². The maximum absolute atomic E-state index is 6.26. The Morgan fingerprint density at radius 1 is 1.00 bits per heavy atom. The van der Waals surface area contributed by atoms with E-state index in [-0.39, 0.29) is 6.04 Å². The molecule has 0 spiro atoms. The Morgan fingerprint density at radius 2 is 1.65 bits per heavy atom. The van der Waals surface area contributed by atoms with Crippen molar-refractivity contribution in [2.75, 3.05) is 7.11 Å². The molecule has 2 aromatic carbocycles. The van der Waals surface area contributed by atoms with Crippen LogP contribution in [0.4, 0.5) is 0 Å². The van der Waals surface area contributed by atoms with Crippen molar-refractivity contribution in [3.63, 3.8) is 0 Å². The van der Waals surface area contributed by atoms with Gasteiger partial charge in [0.15, 0.2) is 0 Å². The summed E-state index contributed by atoms with van der Waals surface area (Å²) < 4.78 is 5.33. The van der Waals surface area contributed by atoms with Gasteiger partial charge in [0, 0.05) is 5.56 Å². The zero-order valence-electron chi connectivity index (χ0n) is 10.2. The van der Waals surface area contributed by atoms with Crippen molar-refractivity contribution in [1.29, 1.82) is 0 Å². The first-order valence-corrected chi connectivity index (χ1v) is 5.67. The van der Waals surface area contributed by atoms with Crippen LogP contribution in [0.3, 0.4) is 0 Å².